The summed E-state index contributed by atoms with van der Waals surface area (Å²) < 4.78 is 0. The molecule has 3 atom stereocenters. The highest BCUT2D eigenvalue weighted by atomic mass is 16.4. The van der Waals surface area contributed by atoms with Crippen LogP contribution in [0.15, 0.2) is 30.3 Å². The zero-order valence-corrected chi connectivity index (χ0v) is 10.1. The molecule has 1 saturated carbocycles. The summed E-state index contributed by atoms with van der Waals surface area (Å²) in [5.41, 5.74) is 1.21. The van der Waals surface area contributed by atoms with Gasteiger partial charge in [-0.25, -0.2) is 0 Å². The van der Waals surface area contributed by atoms with E-state index in [0.717, 1.165) is 19.3 Å². The number of benzene rings is 1. The van der Waals surface area contributed by atoms with Crippen LogP contribution in [0.4, 0.5) is 0 Å². The van der Waals surface area contributed by atoms with Crippen molar-refractivity contribution in [2.24, 2.45) is 5.92 Å². The van der Waals surface area contributed by atoms with E-state index in [-0.39, 0.29) is 18.0 Å². The second kappa shape index (κ2) is 5.32. The molecule has 0 radical (unpaired) electrons. The van der Waals surface area contributed by atoms with E-state index in [1.165, 1.54) is 5.56 Å². The molecule has 3 unspecified atom stereocenters. The van der Waals surface area contributed by atoms with Gasteiger partial charge in [0.25, 0.3) is 0 Å². The Morgan fingerprint density at radius 1 is 1.35 bits per heavy atom. The lowest BCUT2D eigenvalue weighted by Gasteiger charge is -2.23. The van der Waals surface area contributed by atoms with E-state index in [1.54, 1.807) is 0 Å². The molecular formula is C14H19NO2. The van der Waals surface area contributed by atoms with E-state index < -0.39 is 5.97 Å². The molecule has 0 aromatic heterocycles. The minimum atomic E-state index is -0.666. The van der Waals surface area contributed by atoms with Crippen LogP contribution in [-0.2, 0) is 4.79 Å². The molecule has 1 aliphatic carbocycles. The van der Waals surface area contributed by atoms with Gasteiger partial charge in [0.15, 0.2) is 0 Å². The maximum atomic E-state index is 11.1. The molecule has 0 heterocycles. The minimum absolute atomic E-state index is 0.114. The number of nitrogens with one attached hydrogen (secondary N) is 1. The van der Waals surface area contributed by atoms with Crippen LogP contribution in [0.5, 0.6) is 0 Å². The van der Waals surface area contributed by atoms with Crippen molar-refractivity contribution in [1.82, 2.24) is 5.32 Å². The average Bonchev–Trinajstić information content (AvgIpc) is 2.78. The van der Waals surface area contributed by atoms with E-state index in [9.17, 15) is 4.79 Å². The van der Waals surface area contributed by atoms with Crippen molar-refractivity contribution in [2.75, 3.05) is 0 Å². The molecule has 3 heteroatoms. The number of hydrogen-bond acceptors (Lipinski definition) is 2. The highest BCUT2D eigenvalue weighted by Gasteiger charge is 2.33. The number of hydrogen-bond donors (Lipinski definition) is 2. The smallest absolute Gasteiger partial charge is 0.308 e. The van der Waals surface area contributed by atoms with E-state index in [0.29, 0.717) is 0 Å². The Labute approximate surface area is 102 Å². The molecule has 1 aromatic rings. The van der Waals surface area contributed by atoms with Crippen LogP contribution in [0.2, 0.25) is 0 Å². The Hall–Kier alpha value is -1.35. The standard InChI is InChI=1S/C14H19NO2/c1-10(11-6-3-2-4-7-11)15-13-9-5-8-12(13)14(16)17/h2-4,6-7,10,12-13,15H,5,8-9H2,1H3,(H,16,17). The van der Waals surface area contributed by atoms with Crippen molar-refractivity contribution in [2.45, 2.75) is 38.3 Å². The molecule has 92 valence electrons. The third kappa shape index (κ3) is 2.86. The van der Waals surface area contributed by atoms with Gasteiger partial charge < -0.3 is 10.4 Å². The van der Waals surface area contributed by atoms with E-state index >= 15 is 0 Å². The van der Waals surface area contributed by atoms with Gasteiger partial charge in [-0.15, -0.1) is 0 Å². The van der Waals surface area contributed by atoms with Crippen LogP contribution in [0, 0.1) is 5.92 Å². The zero-order chi connectivity index (χ0) is 12.3. The van der Waals surface area contributed by atoms with Crippen LogP contribution in [0.3, 0.4) is 0 Å². The molecule has 0 aliphatic heterocycles. The van der Waals surface area contributed by atoms with Gasteiger partial charge in [0, 0.05) is 12.1 Å². The zero-order valence-electron chi connectivity index (χ0n) is 10.1. The summed E-state index contributed by atoms with van der Waals surface area (Å²) in [7, 11) is 0. The highest BCUT2D eigenvalue weighted by molar-refractivity contribution is 5.71. The first kappa shape index (κ1) is 12.1. The second-order valence-corrected chi connectivity index (χ2v) is 4.78. The van der Waals surface area contributed by atoms with Crippen molar-refractivity contribution in [3.63, 3.8) is 0 Å². The Kier molecular flexibility index (Phi) is 3.79. The number of rotatable bonds is 4. The molecule has 1 fully saturated rings. The molecule has 0 spiro atoms. The average molecular weight is 233 g/mol. The topological polar surface area (TPSA) is 49.3 Å². The fraction of sp³-hybridized carbons (Fsp3) is 0.500. The van der Waals surface area contributed by atoms with E-state index in [4.69, 9.17) is 5.11 Å². The molecule has 0 bridgehead atoms. The van der Waals surface area contributed by atoms with Gasteiger partial charge in [-0.05, 0) is 25.3 Å². The van der Waals surface area contributed by atoms with Crippen molar-refractivity contribution in [1.29, 1.82) is 0 Å². The molecule has 2 rings (SSSR count). The predicted octanol–water partition coefficient (Wildman–Crippen LogP) is 2.59. The van der Waals surface area contributed by atoms with Crippen molar-refractivity contribution in [3.05, 3.63) is 35.9 Å². The number of carboxylic acids is 1. The predicted molar refractivity (Wildman–Crippen MR) is 66.8 cm³/mol. The van der Waals surface area contributed by atoms with Crippen LogP contribution in [-0.4, -0.2) is 17.1 Å². The summed E-state index contributed by atoms with van der Waals surface area (Å²) in [4.78, 5) is 11.1. The van der Waals surface area contributed by atoms with Crippen LogP contribution >= 0.6 is 0 Å². The molecule has 1 aliphatic rings. The van der Waals surface area contributed by atoms with Crippen molar-refractivity contribution < 1.29 is 9.90 Å². The Balaban J connectivity index is 1.99. The van der Waals surface area contributed by atoms with E-state index in [1.807, 2.05) is 18.2 Å². The summed E-state index contributed by atoms with van der Waals surface area (Å²) in [6, 6.07) is 10.5. The minimum Gasteiger partial charge on any atom is -0.481 e. The Bertz CT molecular complexity index is 377. The van der Waals surface area contributed by atoms with Gasteiger partial charge in [-0.2, -0.15) is 0 Å². The van der Waals surface area contributed by atoms with Gasteiger partial charge in [-0.1, -0.05) is 36.8 Å². The van der Waals surface area contributed by atoms with Crippen molar-refractivity contribution >= 4 is 5.97 Å². The quantitative estimate of drug-likeness (QED) is 0.840. The Morgan fingerprint density at radius 2 is 2.06 bits per heavy atom. The normalized spacial score (nSPS) is 25.7. The maximum Gasteiger partial charge on any atom is 0.308 e. The first-order valence-corrected chi connectivity index (χ1v) is 6.22. The van der Waals surface area contributed by atoms with Gasteiger partial charge in [0.1, 0.15) is 0 Å². The summed E-state index contributed by atoms with van der Waals surface area (Å²) in [6.45, 7) is 2.09. The van der Waals surface area contributed by atoms with Crippen LogP contribution in [0.25, 0.3) is 0 Å². The fourth-order valence-electron chi connectivity index (χ4n) is 2.61. The first-order chi connectivity index (χ1) is 8.18. The Morgan fingerprint density at radius 3 is 2.71 bits per heavy atom. The summed E-state index contributed by atoms with van der Waals surface area (Å²) in [6.07, 6.45) is 2.78. The molecule has 0 saturated heterocycles. The van der Waals surface area contributed by atoms with Crippen LogP contribution < -0.4 is 5.32 Å². The molecule has 3 nitrogen and oxygen atoms in total. The molecule has 2 N–H and O–H groups in total. The lowest BCUT2D eigenvalue weighted by atomic mass is 10.0. The lowest BCUT2D eigenvalue weighted by Crippen LogP contribution is -2.37. The number of carboxylic acid groups (broad SMARTS) is 1. The third-order valence-electron chi connectivity index (χ3n) is 3.60. The monoisotopic (exact) mass is 233 g/mol. The summed E-state index contributed by atoms with van der Waals surface area (Å²) in [5.74, 6) is -0.888. The molecule has 1 aromatic carbocycles. The van der Waals surface area contributed by atoms with Gasteiger partial charge in [0.2, 0.25) is 0 Å². The van der Waals surface area contributed by atoms with Gasteiger partial charge >= 0.3 is 5.97 Å². The number of carbonyl (C=O) groups is 1. The van der Waals surface area contributed by atoms with Gasteiger partial charge in [-0.3, -0.25) is 4.79 Å². The molecule has 17 heavy (non-hydrogen) atoms. The lowest BCUT2D eigenvalue weighted by molar-refractivity contribution is -0.142. The fourth-order valence-corrected chi connectivity index (χ4v) is 2.61. The largest absolute Gasteiger partial charge is 0.481 e. The maximum absolute atomic E-state index is 11.1. The summed E-state index contributed by atoms with van der Waals surface area (Å²) >= 11 is 0. The third-order valence-corrected chi connectivity index (χ3v) is 3.60. The van der Waals surface area contributed by atoms with E-state index in [2.05, 4.69) is 24.4 Å². The van der Waals surface area contributed by atoms with Gasteiger partial charge in [0.05, 0.1) is 5.92 Å². The second-order valence-electron chi connectivity index (χ2n) is 4.78. The van der Waals surface area contributed by atoms with Crippen LogP contribution in [0.1, 0.15) is 37.8 Å². The first-order valence-electron chi connectivity index (χ1n) is 6.22. The molecule has 0 amide bonds. The SMILES string of the molecule is CC(NC1CCCC1C(=O)O)c1ccccc1. The highest BCUT2D eigenvalue weighted by Crippen LogP contribution is 2.28. The number of aliphatic carboxylic acids is 1. The van der Waals surface area contributed by atoms with Crippen molar-refractivity contribution in [3.8, 4) is 0 Å². The molecular weight excluding hydrogens is 214 g/mol. The summed E-state index contributed by atoms with van der Waals surface area (Å²) in [5, 5.41) is 12.6.